The number of aromatic nitrogens is 6. The maximum absolute atomic E-state index is 10.7. The summed E-state index contributed by atoms with van der Waals surface area (Å²) in [5.41, 5.74) is 5.14. The number of amides is 1. The fourth-order valence-corrected chi connectivity index (χ4v) is 4.41. The summed E-state index contributed by atoms with van der Waals surface area (Å²) in [4.78, 5) is 20.7. The number of nitrogens with zero attached hydrogens (tertiary/aromatic N) is 7. The molecule has 4 aromatic heterocycles. The van der Waals surface area contributed by atoms with E-state index in [-0.39, 0.29) is 11.9 Å². The van der Waals surface area contributed by atoms with Crippen molar-refractivity contribution in [2.24, 2.45) is 12.9 Å². The second kappa shape index (κ2) is 12.5. The molecule has 1 saturated heterocycles. The number of carbonyl (C=O) groups is 1. The van der Waals surface area contributed by atoms with Crippen LogP contribution in [0.1, 0.15) is 22.1 Å². The smallest absolute Gasteiger partial charge is 0.265 e. The topological polar surface area (TPSA) is 150 Å². The summed E-state index contributed by atoms with van der Waals surface area (Å²) in [6.07, 6.45) is 6.55. The van der Waals surface area contributed by atoms with Crippen molar-refractivity contribution in [1.82, 2.24) is 35.3 Å². The van der Waals surface area contributed by atoms with Crippen LogP contribution in [0.25, 0.3) is 22.7 Å². The van der Waals surface area contributed by atoms with Gasteiger partial charge in [-0.05, 0) is 36.4 Å². The van der Waals surface area contributed by atoms with Crippen LogP contribution in [0.15, 0.2) is 83.9 Å². The molecule has 6 rings (SSSR count). The molecule has 204 valence electrons. The summed E-state index contributed by atoms with van der Waals surface area (Å²) >= 11 is 6.11. The van der Waals surface area contributed by atoms with Gasteiger partial charge in [-0.25, -0.2) is 5.84 Å². The molecule has 5 aromatic rings. The van der Waals surface area contributed by atoms with E-state index in [1.165, 1.54) is 12.4 Å². The van der Waals surface area contributed by atoms with E-state index in [1.54, 1.807) is 24.5 Å². The maximum atomic E-state index is 10.7. The highest BCUT2D eigenvalue weighted by atomic mass is 35.5. The third-order valence-corrected chi connectivity index (χ3v) is 6.46. The number of hydrazine groups is 1. The molecule has 1 fully saturated rings. The molecule has 3 N–H and O–H groups in total. The van der Waals surface area contributed by atoms with Crippen LogP contribution in [0, 0.1) is 0 Å². The fraction of sp³-hybridized carbons (Fsp3) is 0.185. The minimum atomic E-state index is -0.303. The predicted octanol–water partition coefficient (Wildman–Crippen LogP) is 3.45. The van der Waals surface area contributed by atoms with Crippen LogP contribution in [0.5, 0.6) is 0 Å². The first-order chi connectivity index (χ1) is 19.5. The number of carbonyl (C=O) groups excluding carboxylic acids is 1. The molecule has 13 heteroatoms. The summed E-state index contributed by atoms with van der Waals surface area (Å²) in [6, 6.07) is 16.3. The molecule has 40 heavy (non-hydrogen) atoms. The monoisotopic (exact) mass is 559 g/mol. The van der Waals surface area contributed by atoms with Gasteiger partial charge in [0.25, 0.3) is 5.91 Å². The molecular weight excluding hydrogens is 534 g/mol. The van der Waals surface area contributed by atoms with E-state index >= 15 is 0 Å². The van der Waals surface area contributed by atoms with E-state index in [4.69, 9.17) is 26.7 Å². The second-order valence-corrected chi connectivity index (χ2v) is 9.17. The quantitative estimate of drug-likeness (QED) is 0.186. The van der Waals surface area contributed by atoms with Gasteiger partial charge in [-0.15, -0.1) is 10.2 Å². The predicted molar refractivity (Wildman–Crippen MR) is 148 cm³/mol. The SMILES string of the molecule is Cn1c(-c2ccncc2)nnc1N1CCOCC1c1cc(-c2cccc(Cl)c2)on1.NNC(=O)c1ccncc1. The van der Waals surface area contributed by atoms with Crippen LogP contribution in [0.2, 0.25) is 5.02 Å². The number of nitrogens with two attached hydrogens (primary N) is 1. The molecule has 0 radical (unpaired) electrons. The molecule has 5 heterocycles. The molecule has 1 amide bonds. The summed E-state index contributed by atoms with van der Waals surface area (Å²) in [6.45, 7) is 1.76. The Morgan fingerprint density at radius 1 is 1.02 bits per heavy atom. The summed E-state index contributed by atoms with van der Waals surface area (Å²) in [5.74, 6) is 6.77. The number of anilines is 1. The molecule has 1 aliphatic heterocycles. The number of benzene rings is 1. The van der Waals surface area contributed by atoms with Gasteiger partial charge in [0.05, 0.1) is 13.2 Å². The van der Waals surface area contributed by atoms with Gasteiger partial charge in [-0.1, -0.05) is 28.9 Å². The van der Waals surface area contributed by atoms with E-state index in [0.29, 0.717) is 36.1 Å². The zero-order valence-corrected chi connectivity index (χ0v) is 22.3. The largest absolute Gasteiger partial charge is 0.377 e. The summed E-state index contributed by atoms with van der Waals surface area (Å²) < 4.78 is 13.3. The minimum absolute atomic E-state index is 0.136. The molecule has 1 atom stereocenters. The van der Waals surface area contributed by atoms with E-state index in [1.807, 2.05) is 59.5 Å². The number of ether oxygens (including phenoxy) is 1. The lowest BCUT2D eigenvalue weighted by molar-refractivity contribution is 0.0908. The Bertz CT molecular complexity index is 1560. The number of pyridine rings is 2. The number of nitrogens with one attached hydrogen (secondary N) is 1. The average molecular weight is 560 g/mol. The second-order valence-electron chi connectivity index (χ2n) is 8.74. The molecule has 0 saturated carbocycles. The standard InChI is InChI=1S/C21H19ClN6O2.C6H7N3O/c1-27-20(14-5-7-23-8-6-14)24-25-21(27)28-9-10-29-13-18(28)17-12-19(30-26-17)15-3-2-4-16(22)11-15;7-9-6(10)5-1-3-8-4-2-5/h2-8,11-12,18H,9-10,13H2,1H3;1-4H,7H2,(H,9,10). The summed E-state index contributed by atoms with van der Waals surface area (Å²) in [7, 11) is 1.96. The maximum Gasteiger partial charge on any atom is 0.265 e. The van der Waals surface area contributed by atoms with Crippen LogP contribution < -0.4 is 16.2 Å². The van der Waals surface area contributed by atoms with Crippen molar-refractivity contribution < 1.29 is 14.1 Å². The first-order valence-corrected chi connectivity index (χ1v) is 12.7. The third-order valence-electron chi connectivity index (χ3n) is 6.23. The normalized spacial score (nSPS) is 14.8. The Balaban J connectivity index is 0.000000274. The number of hydrogen-bond acceptors (Lipinski definition) is 10. The highest BCUT2D eigenvalue weighted by molar-refractivity contribution is 6.30. The van der Waals surface area contributed by atoms with Crippen molar-refractivity contribution in [1.29, 1.82) is 0 Å². The zero-order valence-electron chi connectivity index (χ0n) is 21.5. The van der Waals surface area contributed by atoms with Gasteiger partial charge in [-0.2, -0.15) is 0 Å². The van der Waals surface area contributed by atoms with Crippen LogP contribution >= 0.6 is 11.6 Å². The van der Waals surface area contributed by atoms with Gasteiger partial charge >= 0.3 is 0 Å². The fourth-order valence-electron chi connectivity index (χ4n) is 4.22. The van der Waals surface area contributed by atoms with E-state index < -0.39 is 0 Å². The average Bonchev–Trinajstić information content (AvgIpc) is 3.65. The zero-order chi connectivity index (χ0) is 27.9. The van der Waals surface area contributed by atoms with Crippen LogP contribution in [-0.2, 0) is 11.8 Å². The number of hydrogen-bond donors (Lipinski definition) is 2. The Labute approximate surface area is 234 Å². The van der Waals surface area contributed by atoms with Crippen molar-refractivity contribution in [2.45, 2.75) is 6.04 Å². The Kier molecular flexibility index (Phi) is 8.40. The molecule has 1 aliphatic rings. The van der Waals surface area contributed by atoms with Crippen molar-refractivity contribution in [3.05, 3.63) is 95.7 Å². The molecule has 1 unspecified atom stereocenters. The lowest BCUT2D eigenvalue weighted by Gasteiger charge is -2.34. The van der Waals surface area contributed by atoms with Gasteiger partial charge in [0.1, 0.15) is 11.7 Å². The van der Waals surface area contributed by atoms with Gasteiger partial charge in [0.2, 0.25) is 5.95 Å². The molecule has 12 nitrogen and oxygen atoms in total. The number of halogens is 1. The van der Waals surface area contributed by atoms with Gasteiger partial charge in [-0.3, -0.25) is 24.8 Å². The highest BCUT2D eigenvalue weighted by Crippen LogP contribution is 2.32. The van der Waals surface area contributed by atoms with Crippen LogP contribution in [-0.4, -0.2) is 55.6 Å². The number of nitrogen functional groups attached to an aromatic ring is 1. The highest BCUT2D eigenvalue weighted by Gasteiger charge is 2.31. The Morgan fingerprint density at radius 2 is 1.77 bits per heavy atom. The van der Waals surface area contributed by atoms with Crippen molar-refractivity contribution >= 4 is 23.5 Å². The van der Waals surface area contributed by atoms with Crippen LogP contribution in [0.4, 0.5) is 5.95 Å². The van der Waals surface area contributed by atoms with Gasteiger partial charge < -0.3 is 14.2 Å². The van der Waals surface area contributed by atoms with Gasteiger partial charge in [0, 0.05) is 66.2 Å². The first-order valence-electron chi connectivity index (χ1n) is 12.3. The first kappa shape index (κ1) is 26.9. The lowest BCUT2D eigenvalue weighted by atomic mass is 10.1. The number of rotatable bonds is 5. The number of morpholine rings is 1. The molecule has 0 bridgehead atoms. The lowest BCUT2D eigenvalue weighted by Crippen LogP contribution is -2.41. The van der Waals surface area contributed by atoms with Crippen molar-refractivity contribution in [3.63, 3.8) is 0 Å². The molecular formula is C27H26ClN9O3. The van der Waals surface area contributed by atoms with E-state index in [0.717, 1.165) is 28.6 Å². The van der Waals surface area contributed by atoms with Crippen molar-refractivity contribution in [3.8, 4) is 22.7 Å². The molecule has 1 aromatic carbocycles. The molecule has 0 spiro atoms. The van der Waals surface area contributed by atoms with Crippen molar-refractivity contribution in [2.75, 3.05) is 24.7 Å². The van der Waals surface area contributed by atoms with Gasteiger partial charge in [0.15, 0.2) is 11.6 Å². The Morgan fingerprint density at radius 3 is 2.50 bits per heavy atom. The molecule has 0 aliphatic carbocycles. The minimum Gasteiger partial charge on any atom is -0.377 e. The van der Waals surface area contributed by atoms with Crippen LogP contribution in [0.3, 0.4) is 0 Å². The third kappa shape index (κ3) is 5.99. The van der Waals surface area contributed by atoms with E-state index in [2.05, 4.69) is 30.2 Å². The summed E-state index contributed by atoms with van der Waals surface area (Å²) in [5, 5.41) is 13.8. The Hall–Kier alpha value is -4.65. The van der Waals surface area contributed by atoms with E-state index in [9.17, 15) is 4.79 Å².